The molecule has 0 N–H and O–H groups in total. The number of hydrogen-bond acceptors (Lipinski definition) is 3. The quantitative estimate of drug-likeness (QED) is 0.789. The van der Waals surface area contributed by atoms with E-state index >= 15 is 0 Å². The van der Waals surface area contributed by atoms with Gasteiger partial charge in [0.25, 0.3) is 0 Å². The van der Waals surface area contributed by atoms with Crippen LogP contribution < -0.4 is 0 Å². The standard InChI is InChI=1S/C12H16O2S/c1-12(5-2-3-6-14-12)11(13)8-10-4-7-15-9-10/h4,7,9H,2-3,5-6,8H2,1H3. The lowest BCUT2D eigenvalue weighted by Gasteiger charge is -2.32. The summed E-state index contributed by atoms with van der Waals surface area (Å²) < 4.78 is 5.63. The summed E-state index contributed by atoms with van der Waals surface area (Å²) >= 11 is 1.63. The molecule has 1 atom stereocenters. The first kappa shape index (κ1) is 10.8. The van der Waals surface area contributed by atoms with Crippen LogP contribution in [0.25, 0.3) is 0 Å². The van der Waals surface area contributed by atoms with Gasteiger partial charge in [-0.2, -0.15) is 11.3 Å². The molecule has 2 rings (SSSR count). The summed E-state index contributed by atoms with van der Waals surface area (Å²) in [4.78, 5) is 12.1. The van der Waals surface area contributed by atoms with E-state index in [-0.39, 0.29) is 5.78 Å². The molecule has 1 fully saturated rings. The highest BCUT2D eigenvalue weighted by Gasteiger charge is 2.35. The fourth-order valence-electron chi connectivity index (χ4n) is 1.92. The van der Waals surface area contributed by atoms with Crippen LogP contribution in [0.1, 0.15) is 31.7 Å². The minimum absolute atomic E-state index is 0.223. The number of hydrogen-bond donors (Lipinski definition) is 0. The van der Waals surface area contributed by atoms with Crippen molar-refractivity contribution in [2.24, 2.45) is 0 Å². The molecule has 0 spiro atoms. The largest absolute Gasteiger partial charge is 0.367 e. The Bertz CT molecular complexity index is 323. The van der Waals surface area contributed by atoms with Gasteiger partial charge in [-0.3, -0.25) is 4.79 Å². The maximum Gasteiger partial charge on any atom is 0.168 e. The molecule has 1 aliphatic rings. The topological polar surface area (TPSA) is 26.3 Å². The summed E-state index contributed by atoms with van der Waals surface area (Å²) in [5.41, 5.74) is 0.584. The van der Waals surface area contributed by atoms with Crippen molar-refractivity contribution in [2.75, 3.05) is 6.61 Å². The van der Waals surface area contributed by atoms with E-state index in [9.17, 15) is 4.79 Å². The van der Waals surface area contributed by atoms with Crippen LogP contribution in [0.5, 0.6) is 0 Å². The summed E-state index contributed by atoms with van der Waals surface area (Å²) in [7, 11) is 0. The van der Waals surface area contributed by atoms with Gasteiger partial charge in [0, 0.05) is 13.0 Å². The molecule has 0 bridgehead atoms. The molecule has 2 heterocycles. The number of carbonyl (C=O) groups excluding carboxylic acids is 1. The summed E-state index contributed by atoms with van der Waals surface area (Å²) in [6.45, 7) is 2.66. The molecule has 1 aliphatic heterocycles. The predicted molar refractivity (Wildman–Crippen MR) is 61.2 cm³/mol. The second-order valence-electron chi connectivity index (χ2n) is 4.27. The predicted octanol–water partition coefficient (Wildman–Crippen LogP) is 2.82. The Morgan fingerprint density at radius 3 is 3.07 bits per heavy atom. The van der Waals surface area contributed by atoms with Crippen LogP contribution in [-0.4, -0.2) is 18.0 Å². The smallest absolute Gasteiger partial charge is 0.168 e. The Morgan fingerprint density at radius 2 is 2.47 bits per heavy atom. The van der Waals surface area contributed by atoms with Crippen LogP contribution in [0.15, 0.2) is 16.8 Å². The molecule has 0 amide bonds. The van der Waals surface area contributed by atoms with Gasteiger partial charge in [-0.1, -0.05) is 0 Å². The van der Waals surface area contributed by atoms with E-state index in [1.807, 2.05) is 23.8 Å². The fourth-order valence-corrected chi connectivity index (χ4v) is 2.59. The van der Waals surface area contributed by atoms with Gasteiger partial charge in [-0.25, -0.2) is 0 Å². The molecule has 1 aromatic rings. The van der Waals surface area contributed by atoms with Gasteiger partial charge in [-0.05, 0) is 48.6 Å². The minimum atomic E-state index is -0.528. The van der Waals surface area contributed by atoms with Crippen molar-refractivity contribution in [2.45, 2.75) is 38.2 Å². The first-order valence-electron chi connectivity index (χ1n) is 5.39. The average molecular weight is 224 g/mol. The van der Waals surface area contributed by atoms with Gasteiger partial charge in [-0.15, -0.1) is 0 Å². The van der Waals surface area contributed by atoms with Crippen molar-refractivity contribution in [1.82, 2.24) is 0 Å². The van der Waals surface area contributed by atoms with Crippen molar-refractivity contribution in [3.05, 3.63) is 22.4 Å². The second-order valence-corrected chi connectivity index (χ2v) is 5.05. The summed E-state index contributed by atoms with van der Waals surface area (Å²) in [5.74, 6) is 0.223. The highest BCUT2D eigenvalue weighted by molar-refractivity contribution is 7.08. The van der Waals surface area contributed by atoms with Gasteiger partial charge in [0.05, 0.1) is 0 Å². The van der Waals surface area contributed by atoms with E-state index in [0.717, 1.165) is 31.4 Å². The van der Waals surface area contributed by atoms with E-state index in [1.54, 1.807) is 11.3 Å². The molecule has 1 aromatic heterocycles. The average Bonchev–Trinajstić information content (AvgIpc) is 2.71. The summed E-state index contributed by atoms with van der Waals surface area (Å²) in [6, 6.07) is 2.01. The Morgan fingerprint density at radius 1 is 1.60 bits per heavy atom. The summed E-state index contributed by atoms with van der Waals surface area (Å²) in [5, 5.41) is 4.04. The SMILES string of the molecule is CC1(C(=O)Cc2ccsc2)CCCCO1. The molecule has 1 unspecified atom stereocenters. The first-order chi connectivity index (χ1) is 7.21. The lowest BCUT2D eigenvalue weighted by molar-refractivity contribution is -0.147. The summed E-state index contributed by atoms with van der Waals surface area (Å²) in [6.07, 6.45) is 3.57. The molecule has 0 saturated carbocycles. The molecule has 82 valence electrons. The van der Waals surface area contributed by atoms with Crippen LogP contribution in [-0.2, 0) is 16.0 Å². The van der Waals surface area contributed by atoms with E-state index < -0.39 is 5.60 Å². The maximum absolute atomic E-state index is 12.1. The number of Topliss-reactive ketones (excluding diaryl/α,β-unsaturated/α-hetero) is 1. The normalized spacial score (nSPS) is 26.5. The highest BCUT2D eigenvalue weighted by atomic mass is 32.1. The van der Waals surface area contributed by atoms with Crippen LogP contribution >= 0.6 is 11.3 Å². The van der Waals surface area contributed by atoms with Gasteiger partial charge in [0.15, 0.2) is 5.78 Å². The van der Waals surface area contributed by atoms with E-state index in [1.165, 1.54) is 0 Å². The fraction of sp³-hybridized carbons (Fsp3) is 0.583. The zero-order valence-electron chi connectivity index (χ0n) is 8.99. The Labute approximate surface area is 94.3 Å². The van der Waals surface area contributed by atoms with Crippen molar-refractivity contribution in [3.63, 3.8) is 0 Å². The molecule has 3 heteroatoms. The molecular formula is C12H16O2S. The van der Waals surface area contributed by atoms with E-state index in [4.69, 9.17) is 4.74 Å². The second kappa shape index (κ2) is 4.45. The molecular weight excluding hydrogens is 208 g/mol. The van der Waals surface area contributed by atoms with Crippen LogP contribution in [0, 0.1) is 0 Å². The number of rotatable bonds is 3. The van der Waals surface area contributed by atoms with E-state index in [2.05, 4.69) is 0 Å². The van der Waals surface area contributed by atoms with Gasteiger partial charge in [0.2, 0.25) is 0 Å². The number of ether oxygens (including phenoxy) is 1. The molecule has 15 heavy (non-hydrogen) atoms. The van der Waals surface area contributed by atoms with Crippen LogP contribution in [0.2, 0.25) is 0 Å². The van der Waals surface area contributed by atoms with Crippen molar-refractivity contribution in [3.8, 4) is 0 Å². The Balaban J connectivity index is 2.00. The molecule has 2 nitrogen and oxygen atoms in total. The van der Waals surface area contributed by atoms with Crippen molar-refractivity contribution < 1.29 is 9.53 Å². The lowest BCUT2D eigenvalue weighted by Crippen LogP contribution is -2.42. The van der Waals surface area contributed by atoms with Crippen LogP contribution in [0.4, 0.5) is 0 Å². The van der Waals surface area contributed by atoms with Gasteiger partial charge >= 0.3 is 0 Å². The third kappa shape index (κ3) is 2.47. The third-order valence-corrected chi connectivity index (χ3v) is 3.74. The Hall–Kier alpha value is -0.670. The molecule has 0 radical (unpaired) electrons. The Kier molecular flexibility index (Phi) is 3.22. The maximum atomic E-state index is 12.1. The lowest BCUT2D eigenvalue weighted by atomic mass is 9.89. The zero-order valence-corrected chi connectivity index (χ0v) is 9.81. The first-order valence-corrected chi connectivity index (χ1v) is 6.33. The van der Waals surface area contributed by atoms with Gasteiger partial charge < -0.3 is 4.74 Å². The number of thiophene rings is 1. The number of ketones is 1. The molecule has 1 saturated heterocycles. The highest BCUT2D eigenvalue weighted by Crippen LogP contribution is 2.26. The monoisotopic (exact) mass is 224 g/mol. The van der Waals surface area contributed by atoms with Gasteiger partial charge in [0.1, 0.15) is 5.60 Å². The van der Waals surface area contributed by atoms with Crippen molar-refractivity contribution >= 4 is 17.1 Å². The molecule has 0 aliphatic carbocycles. The zero-order chi connectivity index (χ0) is 10.7. The van der Waals surface area contributed by atoms with Crippen LogP contribution in [0.3, 0.4) is 0 Å². The van der Waals surface area contributed by atoms with E-state index in [0.29, 0.717) is 6.42 Å². The van der Waals surface area contributed by atoms with Crippen molar-refractivity contribution in [1.29, 1.82) is 0 Å². The minimum Gasteiger partial charge on any atom is -0.367 e. The molecule has 0 aromatic carbocycles. The number of carbonyl (C=O) groups is 1. The third-order valence-electron chi connectivity index (χ3n) is 3.00.